The Hall–Kier alpha value is -2.01. The van der Waals surface area contributed by atoms with Crippen molar-refractivity contribution in [2.24, 2.45) is 5.73 Å². The quantitative estimate of drug-likeness (QED) is 0.925. The highest BCUT2D eigenvalue weighted by molar-refractivity contribution is 5.57. The van der Waals surface area contributed by atoms with Crippen LogP contribution in [0.1, 0.15) is 25.7 Å². The third-order valence-corrected chi connectivity index (χ3v) is 3.58. The van der Waals surface area contributed by atoms with E-state index in [2.05, 4.69) is 15.0 Å². The number of ether oxygens (including phenoxy) is 1. The third kappa shape index (κ3) is 3.11. The molecule has 1 aliphatic rings. The predicted molar refractivity (Wildman–Crippen MR) is 76.1 cm³/mol. The Morgan fingerprint density at radius 3 is 2.70 bits per heavy atom. The van der Waals surface area contributed by atoms with Crippen molar-refractivity contribution in [3.8, 4) is 17.3 Å². The van der Waals surface area contributed by atoms with Crippen LogP contribution in [0.4, 0.5) is 0 Å². The monoisotopic (exact) mass is 270 g/mol. The van der Waals surface area contributed by atoms with E-state index in [1.165, 1.54) is 0 Å². The molecular formula is C15H18N4O. The summed E-state index contributed by atoms with van der Waals surface area (Å²) in [6.07, 6.45) is 9.39. The fraction of sp³-hybridized carbons (Fsp3) is 0.400. The Kier molecular flexibility index (Phi) is 3.87. The molecule has 20 heavy (non-hydrogen) atoms. The summed E-state index contributed by atoms with van der Waals surface area (Å²) in [4.78, 5) is 12.7. The first-order valence-corrected chi connectivity index (χ1v) is 6.97. The van der Waals surface area contributed by atoms with Crippen LogP contribution in [0.25, 0.3) is 11.3 Å². The second-order valence-corrected chi connectivity index (χ2v) is 5.12. The Balaban J connectivity index is 1.72. The first-order chi connectivity index (χ1) is 9.81. The van der Waals surface area contributed by atoms with E-state index in [0.29, 0.717) is 12.1 Å². The molecule has 0 spiro atoms. The highest BCUT2D eigenvalue weighted by atomic mass is 16.5. The molecule has 1 saturated carbocycles. The second kappa shape index (κ2) is 5.96. The molecule has 1 aliphatic carbocycles. The lowest BCUT2D eigenvalue weighted by molar-refractivity contribution is 0.135. The lowest BCUT2D eigenvalue weighted by Gasteiger charge is -2.25. The summed E-state index contributed by atoms with van der Waals surface area (Å²) in [6.45, 7) is 0. The van der Waals surface area contributed by atoms with Crippen molar-refractivity contribution in [2.75, 3.05) is 0 Å². The van der Waals surface area contributed by atoms with Crippen molar-refractivity contribution in [3.63, 3.8) is 0 Å². The molecule has 2 heterocycles. The third-order valence-electron chi connectivity index (χ3n) is 3.58. The molecule has 0 aromatic carbocycles. The van der Waals surface area contributed by atoms with Gasteiger partial charge in [-0.2, -0.15) is 4.98 Å². The molecule has 2 aromatic rings. The fourth-order valence-corrected chi connectivity index (χ4v) is 2.43. The van der Waals surface area contributed by atoms with Crippen LogP contribution in [0.15, 0.2) is 36.8 Å². The highest BCUT2D eigenvalue weighted by Crippen LogP contribution is 2.22. The van der Waals surface area contributed by atoms with Crippen LogP contribution in [-0.2, 0) is 0 Å². The fourth-order valence-electron chi connectivity index (χ4n) is 2.43. The number of nitrogens with two attached hydrogens (primary N) is 1. The molecule has 104 valence electrons. The van der Waals surface area contributed by atoms with Gasteiger partial charge in [-0.3, -0.25) is 4.98 Å². The summed E-state index contributed by atoms with van der Waals surface area (Å²) in [5.41, 5.74) is 7.69. The maximum atomic E-state index is 5.90. The number of nitrogens with zero attached hydrogens (tertiary/aromatic N) is 3. The summed E-state index contributed by atoms with van der Waals surface area (Å²) < 4.78 is 5.87. The molecule has 0 unspecified atom stereocenters. The maximum Gasteiger partial charge on any atom is 0.317 e. The zero-order valence-electron chi connectivity index (χ0n) is 11.3. The summed E-state index contributed by atoms with van der Waals surface area (Å²) >= 11 is 0. The molecule has 0 amide bonds. The number of hydrogen-bond donors (Lipinski definition) is 1. The standard InChI is InChI=1S/C15H18N4O/c16-12-3-5-13(6-4-12)20-15-18-9-7-14(19-15)11-2-1-8-17-10-11/h1-2,7-10,12-13H,3-6,16H2/t12-,13-. The Morgan fingerprint density at radius 2 is 1.95 bits per heavy atom. The van der Waals surface area contributed by atoms with E-state index in [1.807, 2.05) is 18.2 Å². The van der Waals surface area contributed by atoms with Crippen LogP contribution in [0, 0.1) is 0 Å². The van der Waals surface area contributed by atoms with Gasteiger partial charge in [-0.15, -0.1) is 0 Å². The predicted octanol–water partition coefficient (Wildman–Crippen LogP) is 2.19. The maximum absolute atomic E-state index is 5.90. The van der Waals surface area contributed by atoms with Gasteiger partial charge in [0.25, 0.3) is 0 Å². The average molecular weight is 270 g/mol. The van der Waals surface area contributed by atoms with E-state index in [1.54, 1.807) is 18.6 Å². The number of hydrogen-bond acceptors (Lipinski definition) is 5. The first-order valence-electron chi connectivity index (χ1n) is 6.97. The minimum atomic E-state index is 0.180. The lowest BCUT2D eigenvalue weighted by Crippen LogP contribution is -2.32. The normalized spacial score (nSPS) is 22.4. The van der Waals surface area contributed by atoms with Gasteiger partial charge >= 0.3 is 6.01 Å². The molecule has 2 aromatic heterocycles. The topological polar surface area (TPSA) is 73.9 Å². The number of aromatic nitrogens is 3. The van der Waals surface area contributed by atoms with Crippen LogP contribution in [-0.4, -0.2) is 27.1 Å². The summed E-state index contributed by atoms with van der Waals surface area (Å²) in [5, 5.41) is 0. The van der Waals surface area contributed by atoms with E-state index in [9.17, 15) is 0 Å². The van der Waals surface area contributed by atoms with Gasteiger partial charge in [-0.05, 0) is 43.9 Å². The molecule has 0 atom stereocenters. The van der Waals surface area contributed by atoms with Gasteiger partial charge in [0.1, 0.15) is 6.10 Å². The molecule has 2 N–H and O–H groups in total. The van der Waals surface area contributed by atoms with E-state index in [4.69, 9.17) is 10.5 Å². The van der Waals surface area contributed by atoms with Gasteiger partial charge in [0.2, 0.25) is 0 Å². The number of rotatable bonds is 3. The smallest absolute Gasteiger partial charge is 0.317 e. The summed E-state index contributed by atoms with van der Waals surface area (Å²) in [6, 6.07) is 6.48. The molecule has 3 rings (SSSR count). The summed E-state index contributed by atoms with van der Waals surface area (Å²) in [7, 11) is 0. The highest BCUT2D eigenvalue weighted by Gasteiger charge is 2.20. The Labute approximate surface area is 118 Å². The summed E-state index contributed by atoms with van der Waals surface area (Å²) in [5.74, 6) is 0. The van der Waals surface area contributed by atoms with Gasteiger partial charge in [0.05, 0.1) is 5.69 Å². The molecule has 0 bridgehead atoms. The molecule has 5 nitrogen and oxygen atoms in total. The average Bonchev–Trinajstić information content (AvgIpc) is 2.51. The van der Waals surface area contributed by atoms with Crippen LogP contribution in [0.2, 0.25) is 0 Å². The number of pyridine rings is 1. The largest absolute Gasteiger partial charge is 0.460 e. The van der Waals surface area contributed by atoms with Crippen LogP contribution in [0.5, 0.6) is 6.01 Å². The molecule has 0 aliphatic heterocycles. The van der Waals surface area contributed by atoms with Gasteiger partial charge < -0.3 is 10.5 Å². The van der Waals surface area contributed by atoms with Crippen molar-refractivity contribution < 1.29 is 4.74 Å². The second-order valence-electron chi connectivity index (χ2n) is 5.12. The van der Waals surface area contributed by atoms with Crippen molar-refractivity contribution >= 4 is 0 Å². The van der Waals surface area contributed by atoms with Crippen molar-refractivity contribution in [1.29, 1.82) is 0 Å². The molecule has 5 heteroatoms. The molecular weight excluding hydrogens is 252 g/mol. The van der Waals surface area contributed by atoms with Crippen molar-refractivity contribution in [2.45, 2.75) is 37.8 Å². The van der Waals surface area contributed by atoms with E-state index < -0.39 is 0 Å². The minimum absolute atomic E-state index is 0.180. The van der Waals surface area contributed by atoms with E-state index in [0.717, 1.165) is 36.9 Å². The van der Waals surface area contributed by atoms with Crippen LogP contribution >= 0.6 is 0 Å². The van der Waals surface area contributed by atoms with E-state index >= 15 is 0 Å². The zero-order valence-corrected chi connectivity index (χ0v) is 11.3. The zero-order chi connectivity index (χ0) is 13.8. The molecule has 0 radical (unpaired) electrons. The van der Waals surface area contributed by atoms with E-state index in [-0.39, 0.29) is 6.10 Å². The molecule has 0 saturated heterocycles. The minimum Gasteiger partial charge on any atom is -0.460 e. The van der Waals surface area contributed by atoms with Gasteiger partial charge in [-0.25, -0.2) is 4.98 Å². The van der Waals surface area contributed by atoms with Gasteiger partial charge in [0.15, 0.2) is 0 Å². The van der Waals surface area contributed by atoms with Crippen molar-refractivity contribution in [3.05, 3.63) is 36.8 Å². The lowest BCUT2D eigenvalue weighted by atomic mass is 9.94. The van der Waals surface area contributed by atoms with Gasteiger partial charge in [0, 0.05) is 30.2 Å². The van der Waals surface area contributed by atoms with Crippen LogP contribution < -0.4 is 10.5 Å². The van der Waals surface area contributed by atoms with Crippen LogP contribution in [0.3, 0.4) is 0 Å². The Morgan fingerprint density at radius 1 is 1.10 bits per heavy atom. The Bertz CT molecular complexity index is 553. The molecule has 1 fully saturated rings. The van der Waals surface area contributed by atoms with Crippen molar-refractivity contribution in [1.82, 2.24) is 15.0 Å². The van der Waals surface area contributed by atoms with Gasteiger partial charge in [-0.1, -0.05) is 0 Å². The SMILES string of the molecule is N[C@H]1CC[C@H](Oc2nccc(-c3cccnc3)n2)CC1. The first kappa shape index (κ1) is 13.0.